The summed E-state index contributed by atoms with van der Waals surface area (Å²) in [7, 11) is -8.82. The molecule has 0 aromatic rings. The minimum atomic E-state index is -4.41. The van der Waals surface area contributed by atoms with Gasteiger partial charge in [-0.1, -0.05) is 24.3 Å². The second kappa shape index (κ2) is 4.16. The van der Waals surface area contributed by atoms with Gasteiger partial charge in [-0.3, -0.25) is 9.11 Å². The lowest BCUT2D eigenvalue weighted by Crippen LogP contribution is -2.26. The largest absolute Gasteiger partial charge is 0.291 e. The third-order valence-corrected chi connectivity index (χ3v) is 4.81. The minimum absolute atomic E-state index is 0.291. The first kappa shape index (κ1) is 13.2. The molecule has 0 aromatic carbocycles. The molecule has 0 heterocycles. The van der Waals surface area contributed by atoms with Crippen LogP contribution < -0.4 is 0 Å². The predicted molar refractivity (Wildman–Crippen MR) is 64.5 cm³/mol. The van der Waals surface area contributed by atoms with Crippen LogP contribution in [0.3, 0.4) is 0 Å². The van der Waals surface area contributed by atoms with Gasteiger partial charge in [0.15, 0.2) is 0 Å². The van der Waals surface area contributed by atoms with E-state index in [0.717, 1.165) is 0 Å². The summed E-state index contributed by atoms with van der Waals surface area (Å²) in [6.45, 7) is 0. The van der Waals surface area contributed by atoms with Crippen LogP contribution in [-0.2, 0) is 20.2 Å². The van der Waals surface area contributed by atoms with Crippen molar-refractivity contribution in [1.29, 1.82) is 0 Å². The monoisotopic (exact) mass is 290 g/mol. The molecule has 0 spiro atoms. The Hall–Kier alpha value is -1.22. The molecule has 0 radical (unpaired) electrons. The van der Waals surface area contributed by atoms with E-state index < -0.39 is 32.1 Å². The second-order valence-electron chi connectivity index (χ2n) is 3.91. The fourth-order valence-corrected chi connectivity index (χ4v) is 3.70. The van der Waals surface area contributed by atoms with Gasteiger partial charge in [-0.05, 0) is 12.2 Å². The number of fused-ring (bicyclic) bond motifs is 1. The van der Waals surface area contributed by atoms with Crippen LogP contribution in [-0.4, -0.2) is 25.9 Å². The van der Waals surface area contributed by atoms with Gasteiger partial charge < -0.3 is 0 Å². The molecule has 8 heteroatoms. The average molecular weight is 290 g/mol. The van der Waals surface area contributed by atoms with Crippen molar-refractivity contribution < 1.29 is 25.9 Å². The van der Waals surface area contributed by atoms with Crippen molar-refractivity contribution >= 4 is 20.2 Å². The molecule has 0 amide bonds. The lowest BCUT2D eigenvalue weighted by Gasteiger charge is -2.28. The third-order valence-electron chi connectivity index (χ3n) is 2.80. The first-order valence-electron chi connectivity index (χ1n) is 4.93. The zero-order valence-corrected chi connectivity index (χ0v) is 10.6. The predicted octanol–water partition coefficient (Wildman–Crippen LogP) is 0.902. The molecular weight excluding hydrogens is 280 g/mol. The molecule has 6 nitrogen and oxygen atoms in total. The summed E-state index contributed by atoms with van der Waals surface area (Å²) in [6, 6.07) is 0. The van der Waals surface area contributed by atoms with E-state index in [1.165, 1.54) is 36.5 Å². The molecule has 2 rings (SSSR count). The highest BCUT2D eigenvalue weighted by atomic mass is 32.2. The second-order valence-corrected chi connectivity index (χ2v) is 6.75. The molecule has 2 aliphatic rings. The summed E-state index contributed by atoms with van der Waals surface area (Å²) in [5, 5.41) is 0. The molecule has 2 atom stereocenters. The summed E-state index contributed by atoms with van der Waals surface area (Å²) in [4.78, 5) is -0.582. The first-order chi connectivity index (χ1) is 8.21. The Labute approximate surface area is 105 Å². The smallest absolute Gasteiger partial charge is 0.282 e. The number of hydrogen-bond acceptors (Lipinski definition) is 4. The van der Waals surface area contributed by atoms with Gasteiger partial charge in [-0.15, -0.1) is 0 Å². The van der Waals surface area contributed by atoms with Crippen LogP contribution in [0.1, 0.15) is 0 Å². The molecule has 18 heavy (non-hydrogen) atoms. The van der Waals surface area contributed by atoms with Gasteiger partial charge in [0.05, 0.1) is 9.81 Å². The maximum atomic E-state index is 11.2. The molecule has 98 valence electrons. The van der Waals surface area contributed by atoms with Crippen LogP contribution in [0.15, 0.2) is 46.3 Å². The van der Waals surface area contributed by atoms with E-state index in [9.17, 15) is 16.8 Å². The molecule has 0 aliphatic heterocycles. The van der Waals surface area contributed by atoms with E-state index in [1.807, 2.05) is 0 Å². The van der Waals surface area contributed by atoms with E-state index in [0.29, 0.717) is 0 Å². The van der Waals surface area contributed by atoms with Crippen LogP contribution in [0.4, 0.5) is 0 Å². The van der Waals surface area contributed by atoms with Crippen molar-refractivity contribution in [3.05, 3.63) is 46.3 Å². The Kier molecular flexibility index (Phi) is 3.06. The van der Waals surface area contributed by atoms with Gasteiger partial charge in [-0.2, -0.15) is 16.8 Å². The van der Waals surface area contributed by atoms with Gasteiger partial charge >= 0.3 is 0 Å². The van der Waals surface area contributed by atoms with Crippen LogP contribution in [0.5, 0.6) is 0 Å². The summed E-state index contributed by atoms with van der Waals surface area (Å²) >= 11 is 0. The molecule has 0 fully saturated rings. The summed E-state index contributed by atoms with van der Waals surface area (Å²) in [5.74, 6) is -1.65. The molecule has 2 unspecified atom stereocenters. The molecule has 0 saturated heterocycles. The van der Waals surface area contributed by atoms with Crippen LogP contribution >= 0.6 is 0 Å². The number of hydrogen-bond donors (Lipinski definition) is 2. The highest BCUT2D eigenvalue weighted by Gasteiger charge is 2.37. The zero-order chi connectivity index (χ0) is 13.6. The average Bonchev–Trinajstić information content (AvgIpc) is 2.24. The number of allylic oxidation sites excluding steroid dienone is 8. The summed E-state index contributed by atoms with van der Waals surface area (Å²) in [5.41, 5.74) is 0. The van der Waals surface area contributed by atoms with Crippen molar-refractivity contribution in [2.45, 2.75) is 0 Å². The van der Waals surface area contributed by atoms with Gasteiger partial charge in [0.1, 0.15) is 0 Å². The van der Waals surface area contributed by atoms with Crippen molar-refractivity contribution in [2.24, 2.45) is 11.8 Å². The third kappa shape index (κ3) is 2.32. The van der Waals surface area contributed by atoms with Crippen molar-refractivity contribution in [1.82, 2.24) is 0 Å². The zero-order valence-electron chi connectivity index (χ0n) is 8.96. The van der Waals surface area contributed by atoms with Gasteiger partial charge in [0, 0.05) is 11.8 Å². The first-order valence-corrected chi connectivity index (χ1v) is 7.81. The van der Waals surface area contributed by atoms with Crippen molar-refractivity contribution in [3.63, 3.8) is 0 Å². The maximum Gasteiger partial charge on any atom is 0.291 e. The molecule has 0 saturated carbocycles. The minimum Gasteiger partial charge on any atom is -0.282 e. The molecule has 0 bridgehead atoms. The molecule has 2 aliphatic carbocycles. The van der Waals surface area contributed by atoms with Crippen LogP contribution in [0.25, 0.3) is 0 Å². The lowest BCUT2D eigenvalue weighted by atomic mass is 9.85. The summed E-state index contributed by atoms with van der Waals surface area (Å²) in [6.07, 6.45) is 8.00. The Morgan fingerprint density at radius 2 is 1.11 bits per heavy atom. The fraction of sp³-hybridized carbons (Fsp3) is 0.200. The number of rotatable bonds is 2. The Morgan fingerprint density at radius 3 is 1.39 bits per heavy atom. The lowest BCUT2D eigenvalue weighted by molar-refractivity contribution is 0.468. The highest BCUT2D eigenvalue weighted by molar-refractivity contribution is 7.90. The van der Waals surface area contributed by atoms with E-state index in [4.69, 9.17) is 9.11 Å². The fourth-order valence-electron chi connectivity index (χ4n) is 2.06. The van der Waals surface area contributed by atoms with E-state index in [1.54, 1.807) is 0 Å². The topological polar surface area (TPSA) is 109 Å². The van der Waals surface area contributed by atoms with Crippen LogP contribution in [0, 0.1) is 11.8 Å². The van der Waals surface area contributed by atoms with Gasteiger partial charge in [0.2, 0.25) is 0 Å². The Balaban J connectivity index is 2.53. The maximum absolute atomic E-state index is 11.2. The molecule has 2 N–H and O–H groups in total. The normalized spacial score (nSPS) is 27.4. The van der Waals surface area contributed by atoms with Crippen molar-refractivity contribution in [3.8, 4) is 0 Å². The SMILES string of the molecule is O=S(=O)(O)C1=CC=CC2C(S(=O)(=O)O)=CC=CC12. The quantitative estimate of drug-likeness (QED) is 0.731. The Morgan fingerprint density at radius 1 is 0.778 bits per heavy atom. The standard InChI is InChI=1S/C10H10O6S2/c11-17(12,13)9-5-1-3-7-8(9)4-2-6-10(7)18(14,15)16/h1-8H,(H,11,12,13)(H,14,15,16). The molecular formula is C10H10O6S2. The van der Waals surface area contributed by atoms with E-state index in [2.05, 4.69) is 0 Å². The van der Waals surface area contributed by atoms with Crippen LogP contribution in [0.2, 0.25) is 0 Å². The van der Waals surface area contributed by atoms with Crippen molar-refractivity contribution in [2.75, 3.05) is 0 Å². The summed E-state index contributed by atoms with van der Waals surface area (Å²) < 4.78 is 62.9. The molecule has 0 aromatic heterocycles. The van der Waals surface area contributed by atoms with E-state index >= 15 is 0 Å². The van der Waals surface area contributed by atoms with Gasteiger partial charge in [-0.25, -0.2) is 0 Å². The van der Waals surface area contributed by atoms with E-state index in [-0.39, 0.29) is 9.81 Å². The Bertz CT molecular complexity index is 629. The van der Waals surface area contributed by atoms with Gasteiger partial charge in [0.25, 0.3) is 20.2 Å². The highest BCUT2D eigenvalue weighted by Crippen LogP contribution is 2.39.